The minimum Gasteiger partial charge on any atom is -0.368 e. The molecule has 1 amide bonds. The van der Waals surface area contributed by atoms with Gasteiger partial charge in [-0.05, 0) is 37.8 Å². The average molecular weight is 313 g/mol. The van der Waals surface area contributed by atoms with E-state index in [2.05, 4.69) is 15.1 Å². The van der Waals surface area contributed by atoms with E-state index in [1.54, 1.807) is 6.20 Å². The van der Waals surface area contributed by atoms with Gasteiger partial charge in [0.25, 0.3) is 0 Å². The van der Waals surface area contributed by atoms with Crippen molar-refractivity contribution in [2.45, 2.75) is 43.6 Å². The third-order valence-electron chi connectivity index (χ3n) is 4.62. The molecule has 0 spiro atoms. The Morgan fingerprint density at radius 1 is 1.26 bits per heavy atom. The quantitative estimate of drug-likeness (QED) is 0.920. The second kappa shape index (κ2) is 5.64. The first kappa shape index (κ1) is 14.2. The van der Waals surface area contributed by atoms with Crippen LogP contribution in [0.4, 0.5) is 5.82 Å². The Kier molecular flexibility index (Phi) is 3.48. The van der Waals surface area contributed by atoms with Crippen molar-refractivity contribution < 1.29 is 9.32 Å². The highest BCUT2D eigenvalue weighted by Gasteiger charge is 2.37. The number of hydrogen-bond acceptors (Lipinski definition) is 6. The molecular formula is C16H19N5O2. The van der Waals surface area contributed by atoms with Gasteiger partial charge in [-0.15, -0.1) is 0 Å². The summed E-state index contributed by atoms with van der Waals surface area (Å²) in [6.45, 7) is 0.691. The SMILES string of the molecule is NC(=O)C1CC(c2nc(C3CC3)no2)CCN1c1ccccn1. The van der Waals surface area contributed by atoms with Crippen LogP contribution in [0.1, 0.15) is 49.2 Å². The normalized spacial score (nSPS) is 24.6. The molecule has 0 bridgehead atoms. The molecule has 120 valence electrons. The molecule has 4 rings (SSSR count). The molecule has 1 aliphatic heterocycles. The third-order valence-corrected chi connectivity index (χ3v) is 4.62. The Labute approximate surface area is 133 Å². The summed E-state index contributed by atoms with van der Waals surface area (Å²) in [5.41, 5.74) is 5.62. The van der Waals surface area contributed by atoms with E-state index in [0.717, 1.165) is 30.9 Å². The number of aromatic nitrogens is 3. The van der Waals surface area contributed by atoms with Crippen LogP contribution in [0.3, 0.4) is 0 Å². The van der Waals surface area contributed by atoms with E-state index in [9.17, 15) is 4.79 Å². The van der Waals surface area contributed by atoms with Crippen LogP contribution in [0.5, 0.6) is 0 Å². The van der Waals surface area contributed by atoms with Gasteiger partial charge in [0.15, 0.2) is 5.82 Å². The molecule has 1 aliphatic carbocycles. The van der Waals surface area contributed by atoms with E-state index in [4.69, 9.17) is 10.3 Å². The summed E-state index contributed by atoms with van der Waals surface area (Å²) in [5.74, 6) is 2.42. The van der Waals surface area contributed by atoms with Crippen molar-refractivity contribution in [3.8, 4) is 0 Å². The number of carbonyl (C=O) groups is 1. The lowest BCUT2D eigenvalue weighted by Crippen LogP contribution is -2.50. The molecule has 7 heteroatoms. The van der Waals surface area contributed by atoms with E-state index >= 15 is 0 Å². The molecule has 2 aromatic rings. The molecule has 2 aliphatic rings. The number of pyridine rings is 1. The van der Waals surface area contributed by atoms with E-state index < -0.39 is 6.04 Å². The predicted molar refractivity (Wildman–Crippen MR) is 82.8 cm³/mol. The van der Waals surface area contributed by atoms with Gasteiger partial charge >= 0.3 is 0 Å². The fraction of sp³-hybridized carbons (Fsp3) is 0.500. The molecule has 2 aromatic heterocycles. The van der Waals surface area contributed by atoms with Crippen molar-refractivity contribution in [2.75, 3.05) is 11.4 Å². The third kappa shape index (κ3) is 2.78. The number of amides is 1. The van der Waals surface area contributed by atoms with Gasteiger partial charge in [-0.25, -0.2) is 4.98 Å². The molecular weight excluding hydrogens is 294 g/mol. The number of hydrogen-bond donors (Lipinski definition) is 1. The van der Waals surface area contributed by atoms with Gasteiger partial charge in [0.05, 0.1) is 0 Å². The van der Waals surface area contributed by atoms with E-state index in [1.165, 1.54) is 0 Å². The van der Waals surface area contributed by atoms with Crippen molar-refractivity contribution in [3.05, 3.63) is 36.1 Å². The fourth-order valence-electron chi connectivity index (χ4n) is 3.18. The van der Waals surface area contributed by atoms with Crippen LogP contribution in [0.2, 0.25) is 0 Å². The molecule has 2 N–H and O–H groups in total. The van der Waals surface area contributed by atoms with Crippen molar-refractivity contribution in [1.82, 2.24) is 15.1 Å². The molecule has 0 radical (unpaired) electrons. The van der Waals surface area contributed by atoms with E-state index in [-0.39, 0.29) is 11.8 Å². The number of rotatable bonds is 4. The standard InChI is InChI=1S/C16H19N5O2/c17-14(22)12-9-11(16-19-15(20-23-16)10-4-5-10)6-8-21(12)13-3-1-2-7-18-13/h1-3,7,10-12H,4-6,8-9H2,(H2,17,22). The Balaban J connectivity index is 1.54. The number of anilines is 1. The first-order valence-corrected chi connectivity index (χ1v) is 8.03. The molecule has 2 fully saturated rings. The smallest absolute Gasteiger partial charge is 0.240 e. The van der Waals surface area contributed by atoms with Gasteiger partial charge in [0, 0.05) is 24.6 Å². The van der Waals surface area contributed by atoms with Crippen LogP contribution in [-0.2, 0) is 4.79 Å². The second-order valence-corrected chi connectivity index (χ2v) is 6.29. The number of nitrogens with zero attached hydrogens (tertiary/aromatic N) is 4. The molecule has 23 heavy (non-hydrogen) atoms. The topological polar surface area (TPSA) is 98.1 Å². The van der Waals surface area contributed by atoms with Crippen LogP contribution < -0.4 is 10.6 Å². The van der Waals surface area contributed by atoms with Crippen LogP contribution in [-0.4, -0.2) is 33.6 Å². The Morgan fingerprint density at radius 3 is 2.83 bits per heavy atom. The van der Waals surface area contributed by atoms with Gasteiger partial charge < -0.3 is 15.2 Å². The highest BCUT2D eigenvalue weighted by atomic mass is 16.5. The minimum absolute atomic E-state index is 0.0764. The zero-order valence-electron chi connectivity index (χ0n) is 12.8. The first-order chi connectivity index (χ1) is 11.2. The zero-order valence-corrected chi connectivity index (χ0v) is 12.8. The first-order valence-electron chi connectivity index (χ1n) is 8.03. The summed E-state index contributed by atoms with van der Waals surface area (Å²) in [6, 6.07) is 5.26. The molecule has 2 unspecified atom stereocenters. The lowest BCUT2D eigenvalue weighted by molar-refractivity contribution is -0.119. The number of primary amides is 1. The molecule has 1 saturated heterocycles. The van der Waals surface area contributed by atoms with Gasteiger partial charge in [0.1, 0.15) is 11.9 Å². The summed E-state index contributed by atoms with van der Waals surface area (Å²) >= 11 is 0. The van der Waals surface area contributed by atoms with E-state index in [0.29, 0.717) is 24.8 Å². The van der Waals surface area contributed by atoms with Crippen LogP contribution in [0.15, 0.2) is 28.9 Å². The highest BCUT2D eigenvalue weighted by molar-refractivity contribution is 5.83. The summed E-state index contributed by atoms with van der Waals surface area (Å²) in [5, 5.41) is 4.07. The highest BCUT2D eigenvalue weighted by Crippen LogP contribution is 2.39. The van der Waals surface area contributed by atoms with Crippen molar-refractivity contribution >= 4 is 11.7 Å². The summed E-state index contributed by atoms with van der Waals surface area (Å²) in [4.78, 5) is 22.8. The lowest BCUT2D eigenvalue weighted by atomic mass is 9.90. The molecule has 2 atom stereocenters. The summed E-state index contributed by atoms with van der Waals surface area (Å²) in [6.07, 6.45) is 5.42. The minimum atomic E-state index is -0.403. The molecule has 0 aromatic carbocycles. The van der Waals surface area contributed by atoms with Gasteiger partial charge in [0.2, 0.25) is 11.8 Å². The summed E-state index contributed by atoms with van der Waals surface area (Å²) in [7, 11) is 0. The molecule has 3 heterocycles. The van der Waals surface area contributed by atoms with Crippen LogP contribution >= 0.6 is 0 Å². The maximum atomic E-state index is 11.9. The fourth-order valence-corrected chi connectivity index (χ4v) is 3.18. The number of nitrogens with two attached hydrogens (primary N) is 1. The maximum Gasteiger partial charge on any atom is 0.240 e. The Hall–Kier alpha value is -2.44. The van der Waals surface area contributed by atoms with Gasteiger partial charge in [-0.2, -0.15) is 4.98 Å². The zero-order chi connectivity index (χ0) is 15.8. The Bertz CT molecular complexity index is 698. The van der Waals surface area contributed by atoms with Crippen molar-refractivity contribution in [3.63, 3.8) is 0 Å². The largest absolute Gasteiger partial charge is 0.368 e. The average Bonchev–Trinajstić information content (AvgIpc) is 3.32. The lowest BCUT2D eigenvalue weighted by Gasteiger charge is -2.37. The molecule has 1 saturated carbocycles. The van der Waals surface area contributed by atoms with Crippen molar-refractivity contribution in [1.29, 1.82) is 0 Å². The van der Waals surface area contributed by atoms with Crippen LogP contribution in [0.25, 0.3) is 0 Å². The summed E-state index contributed by atoms with van der Waals surface area (Å²) < 4.78 is 5.43. The molecule has 7 nitrogen and oxygen atoms in total. The van der Waals surface area contributed by atoms with Gasteiger partial charge in [-0.1, -0.05) is 11.2 Å². The van der Waals surface area contributed by atoms with Crippen molar-refractivity contribution in [2.24, 2.45) is 5.73 Å². The maximum absolute atomic E-state index is 11.9. The second-order valence-electron chi connectivity index (χ2n) is 6.29. The number of carbonyl (C=O) groups excluding carboxylic acids is 1. The van der Waals surface area contributed by atoms with Gasteiger partial charge in [-0.3, -0.25) is 4.79 Å². The van der Waals surface area contributed by atoms with E-state index in [1.807, 2.05) is 23.1 Å². The number of piperidine rings is 1. The van der Waals surface area contributed by atoms with Crippen LogP contribution in [0, 0.1) is 0 Å². The Morgan fingerprint density at radius 2 is 2.13 bits per heavy atom. The monoisotopic (exact) mass is 313 g/mol. The predicted octanol–water partition coefficient (Wildman–Crippen LogP) is 1.58.